The first-order chi connectivity index (χ1) is 15.7. The van der Waals surface area contributed by atoms with Crippen molar-refractivity contribution < 1.29 is 22.3 Å². The van der Waals surface area contributed by atoms with E-state index in [-0.39, 0.29) is 34.3 Å². The van der Waals surface area contributed by atoms with Crippen molar-refractivity contribution in [3.8, 4) is 17.6 Å². The molecule has 0 fully saturated rings. The smallest absolute Gasteiger partial charge is 0.339 e. The Morgan fingerprint density at radius 1 is 1.15 bits per heavy atom. The summed E-state index contributed by atoms with van der Waals surface area (Å²) in [5.74, 6) is 0.253. The van der Waals surface area contributed by atoms with E-state index in [0.717, 1.165) is 0 Å². The number of hydrogen-bond acceptors (Lipinski definition) is 7. The van der Waals surface area contributed by atoms with Gasteiger partial charge >= 0.3 is 10.1 Å². The third-order valence-electron chi connectivity index (χ3n) is 4.38. The van der Waals surface area contributed by atoms with Gasteiger partial charge in [0.1, 0.15) is 4.90 Å². The maximum Gasteiger partial charge on any atom is 0.339 e. The van der Waals surface area contributed by atoms with E-state index in [4.69, 9.17) is 8.92 Å². The summed E-state index contributed by atoms with van der Waals surface area (Å²) in [6, 6.07) is 18.7. The summed E-state index contributed by atoms with van der Waals surface area (Å²) in [6.45, 7) is 2.01. The standard InChI is InChI=1S/C23H17IN2O6S/c1-2-31-22-14-16(12-18(15-25)17-8-10-19(11-9-17)26(27)28)13-21(24)23(22)32-33(29,30)20-6-4-3-5-7-20/h3-14H,2H2,1H3/b18-12+. The van der Waals surface area contributed by atoms with Gasteiger partial charge in [0.05, 0.1) is 26.7 Å². The number of nitro groups is 1. The van der Waals surface area contributed by atoms with Crippen LogP contribution in [0.15, 0.2) is 71.6 Å². The average Bonchev–Trinajstić information content (AvgIpc) is 2.80. The van der Waals surface area contributed by atoms with Crippen molar-refractivity contribution in [1.29, 1.82) is 5.26 Å². The topological polar surface area (TPSA) is 120 Å². The van der Waals surface area contributed by atoms with Gasteiger partial charge < -0.3 is 8.92 Å². The first kappa shape index (κ1) is 24.2. The number of halogens is 1. The fraction of sp³-hybridized carbons (Fsp3) is 0.0870. The van der Waals surface area contributed by atoms with Crippen molar-refractivity contribution in [3.05, 3.63) is 91.5 Å². The van der Waals surface area contributed by atoms with Crippen LogP contribution in [-0.4, -0.2) is 19.9 Å². The monoisotopic (exact) mass is 576 g/mol. The van der Waals surface area contributed by atoms with E-state index in [9.17, 15) is 23.8 Å². The molecule has 0 saturated carbocycles. The number of rotatable bonds is 8. The molecule has 0 heterocycles. The third-order valence-corrected chi connectivity index (χ3v) is 6.41. The molecule has 8 nitrogen and oxygen atoms in total. The van der Waals surface area contributed by atoms with Crippen molar-refractivity contribution in [2.24, 2.45) is 0 Å². The molecule has 33 heavy (non-hydrogen) atoms. The Kier molecular flexibility index (Phi) is 7.67. The van der Waals surface area contributed by atoms with Gasteiger partial charge in [-0.25, -0.2) is 0 Å². The summed E-state index contributed by atoms with van der Waals surface area (Å²) in [7, 11) is -4.08. The van der Waals surface area contributed by atoms with Gasteiger partial charge in [0.15, 0.2) is 11.5 Å². The van der Waals surface area contributed by atoms with Crippen LogP contribution >= 0.6 is 22.6 Å². The van der Waals surface area contributed by atoms with Gasteiger partial charge in [-0.1, -0.05) is 18.2 Å². The summed E-state index contributed by atoms with van der Waals surface area (Å²) in [6.07, 6.45) is 1.58. The number of nitriles is 1. The summed E-state index contributed by atoms with van der Waals surface area (Å²) in [5, 5.41) is 20.5. The lowest BCUT2D eigenvalue weighted by Crippen LogP contribution is -2.11. The minimum absolute atomic E-state index is 0.0113. The van der Waals surface area contributed by atoms with Crippen molar-refractivity contribution in [2.45, 2.75) is 11.8 Å². The molecule has 0 spiro atoms. The summed E-state index contributed by atoms with van der Waals surface area (Å²) >= 11 is 1.94. The zero-order valence-electron chi connectivity index (χ0n) is 17.3. The van der Waals surface area contributed by atoms with Gasteiger partial charge in [0, 0.05) is 12.1 Å². The highest BCUT2D eigenvalue weighted by molar-refractivity contribution is 14.1. The lowest BCUT2D eigenvalue weighted by atomic mass is 10.0. The number of allylic oxidation sites excluding steroid dienone is 1. The van der Waals surface area contributed by atoms with Crippen LogP contribution in [-0.2, 0) is 10.1 Å². The van der Waals surface area contributed by atoms with Crippen LogP contribution in [0.2, 0.25) is 0 Å². The molecule has 0 radical (unpaired) electrons. The number of ether oxygens (including phenoxy) is 1. The van der Waals surface area contributed by atoms with Crippen LogP contribution in [0, 0.1) is 25.0 Å². The number of benzene rings is 3. The van der Waals surface area contributed by atoms with Gasteiger partial charge in [0.25, 0.3) is 5.69 Å². The summed E-state index contributed by atoms with van der Waals surface area (Å²) < 4.78 is 36.9. The normalized spacial score (nSPS) is 11.5. The molecule has 10 heteroatoms. The number of nitrogens with zero attached hydrogens (tertiary/aromatic N) is 2. The molecule has 3 aromatic carbocycles. The Morgan fingerprint density at radius 2 is 1.82 bits per heavy atom. The first-order valence-corrected chi connectivity index (χ1v) is 12.1. The van der Waals surface area contributed by atoms with E-state index in [1.54, 1.807) is 43.3 Å². The molecule has 0 aliphatic rings. The van der Waals surface area contributed by atoms with E-state index in [1.165, 1.54) is 36.4 Å². The highest BCUT2D eigenvalue weighted by Crippen LogP contribution is 2.37. The Balaban J connectivity index is 2.01. The van der Waals surface area contributed by atoms with E-state index < -0.39 is 15.0 Å². The molecule has 3 aromatic rings. The Labute approximate surface area is 204 Å². The zero-order chi connectivity index (χ0) is 24.0. The molecule has 0 N–H and O–H groups in total. The highest BCUT2D eigenvalue weighted by Gasteiger charge is 2.22. The van der Waals surface area contributed by atoms with Gasteiger partial charge in [-0.3, -0.25) is 10.1 Å². The Bertz CT molecular complexity index is 1350. The molecule has 0 aliphatic heterocycles. The van der Waals surface area contributed by atoms with Crippen LogP contribution < -0.4 is 8.92 Å². The lowest BCUT2D eigenvalue weighted by molar-refractivity contribution is -0.384. The predicted octanol–water partition coefficient (Wildman–Crippen LogP) is 5.43. The van der Waals surface area contributed by atoms with Crippen LogP contribution in [0.5, 0.6) is 11.5 Å². The Morgan fingerprint density at radius 3 is 2.39 bits per heavy atom. The summed E-state index contributed by atoms with van der Waals surface area (Å²) in [4.78, 5) is 10.4. The minimum atomic E-state index is -4.08. The number of hydrogen-bond donors (Lipinski definition) is 0. The second-order valence-electron chi connectivity index (χ2n) is 6.59. The van der Waals surface area contributed by atoms with E-state index in [2.05, 4.69) is 6.07 Å². The van der Waals surface area contributed by atoms with E-state index in [0.29, 0.717) is 14.7 Å². The maximum atomic E-state index is 12.7. The molecule has 0 amide bonds. The molecule has 168 valence electrons. The average molecular weight is 576 g/mol. The van der Waals surface area contributed by atoms with Crippen molar-refractivity contribution in [2.75, 3.05) is 6.61 Å². The SMILES string of the molecule is CCOc1cc(/C=C(\C#N)c2ccc([N+](=O)[O-])cc2)cc(I)c1OS(=O)(=O)c1ccccc1. The van der Waals surface area contributed by atoms with Gasteiger partial charge in [-0.05, 0) is 83.1 Å². The molecule has 0 saturated heterocycles. The van der Waals surface area contributed by atoms with Gasteiger partial charge in [-0.2, -0.15) is 13.7 Å². The first-order valence-electron chi connectivity index (χ1n) is 9.57. The second-order valence-corrected chi connectivity index (χ2v) is 9.30. The third kappa shape index (κ3) is 5.88. The molecule has 0 atom stereocenters. The van der Waals surface area contributed by atoms with Crippen LogP contribution in [0.3, 0.4) is 0 Å². The van der Waals surface area contributed by atoms with Crippen molar-refractivity contribution in [3.63, 3.8) is 0 Å². The minimum Gasteiger partial charge on any atom is -0.490 e. The quantitative estimate of drug-likeness (QED) is 0.0876. The number of non-ortho nitro benzene ring substituents is 1. The zero-order valence-corrected chi connectivity index (χ0v) is 20.2. The molecule has 3 rings (SSSR count). The fourth-order valence-electron chi connectivity index (χ4n) is 2.87. The second kappa shape index (κ2) is 10.5. The molecular formula is C23H17IN2O6S. The molecular weight excluding hydrogens is 559 g/mol. The number of nitro benzene ring substituents is 1. The van der Waals surface area contributed by atoms with Gasteiger partial charge in [0.2, 0.25) is 0 Å². The van der Waals surface area contributed by atoms with Crippen molar-refractivity contribution >= 4 is 50.0 Å². The van der Waals surface area contributed by atoms with Crippen LogP contribution in [0.1, 0.15) is 18.1 Å². The maximum absolute atomic E-state index is 12.7. The predicted molar refractivity (Wildman–Crippen MR) is 131 cm³/mol. The van der Waals surface area contributed by atoms with Crippen LogP contribution in [0.25, 0.3) is 11.6 Å². The van der Waals surface area contributed by atoms with Crippen molar-refractivity contribution in [1.82, 2.24) is 0 Å². The summed E-state index contributed by atoms with van der Waals surface area (Å²) in [5.41, 5.74) is 1.27. The molecule has 0 bridgehead atoms. The molecule has 0 unspecified atom stereocenters. The molecule has 0 aliphatic carbocycles. The van der Waals surface area contributed by atoms with Crippen LogP contribution in [0.4, 0.5) is 5.69 Å². The molecule has 0 aromatic heterocycles. The highest BCUT2D eigenvalue weighted by atomic mass is 127. The fourth-order valence-corrected chi connectivity index (χ4v) is 4.73. The lowest BCUT2D eigenvalue weighted by Gasteiger charge is -2.14. The van der Waals surface area contributed by atoms with Gasteiger partial charge in [-0.15, -0.1) is 0 Å². The Hall–Kier alpha value is -3.43. The van der Waals surface area contributed by atoms with E-state index >= 15 is 0 Å². The largest absolute Gasteiger partial charge is 0.490 e. The van der Waals surface area contributed by atoms with E-state index in [1.807, 2.05) is 22.6 Å².